The lowest BCUT2D eigenvalue weighted by Gasteiger charge is -2.01. The van der Waals surface area contributed by atoms with Crippen molar-refractivity contribution in [3.8, 4) is 5.88 Å². The zero-order valence-corrected chi connectivity index (χ0v) is 11.3. The summed E-state index contributed by atoms with van der Waals surface area (Å²) in [5.74, 6) is 0.333. The molecule has 0 aliphatic rings. The fourth-order valence-electron chi connectivity index (χ4n) is 1.66. The van der Waals surface area contributed by atoms with Crippen molar-refractivity contribution in [3.05, 3.63) is 35.8 Å². The van der Waals surface area contributed by atoms with Crippen LogP contribution in [0.15, 0.2) is 44.9 Å². The highest BCUT2D eigenvalue weighted by Gasteiger charge is 2.17. The molecule has 3 rings (SSSR count). The van der Waals surface area contributed by atoms with Gasteiger partial charge in [-0.25, -0.2) is 4.79 Å². The molecule has 0 fully saturated rings. The summed E-state index contributed by atoms with van der Waals surface area (Å²) >= 11 is 3.10. The molecule has 0 unspecified atom stereocenters. The maximum absolute atomic E-state index is 11.0. The molecule has 0 aliphatic heterocycles. The Labute approximate surface area is 116 Å². The van der Waals surface area contributed by atoms with Crippen molar-refractivity contribution in [2.75, 3.05) is 0 Å². The molecule has 7 heteroatoms. The highest BCUT2D eigenvalue weighted by Crippen LogP contribution is 2.41. The van der Waals surface area contributed by atoms with Crippen LogP contribution >= 0.6 is 23.1 Å². The van der Waals surface area contributed by atoms with Crippen LogP contribution in [0.25, 0.3) is 11.0 Å². The van der Waals surface area contributed by atoms with Crippen molar-refractivity contribution < 1.29 is 9.53 Å². The van der Waals surface area contributed by atoms with Crippen molar-refractivity contribution in [3.63, 3.8) is 0 Å². The maximum atomic E-state index is 11.0. The van der Waals surface area contributed by atoms with Crippen molar-refractivity contribution in [1.29, 1.82) is 0 Å². The van der Waals surface area contributed by atoms with Gasteiger partial charge in [0, 0.05) is 6.20 Å². The summed E-state index contributed by atoms with van der Waals surface area (Å²) in [5.41, 5.74) is 6.65. The average molecular weight is 291 g/mol. The smallest absolute Gasteiger partial charge is 0.392 e. The third kappa shape index (κ3) is 2.42. The number of carbonyl (C=O) groups is 1. The van der Waals surface area contributed by atoms with Gasteiger partial charge < -0.3 is 15.5 Å². The van der Waals surface area contributed by atoms with Crippen molar-refractivity contribution in [2.45, 2.75) is 9.10 Å². The highest BCUT2D eigenvalue weighted by atomic mass is 32.2. The van der Waals surface area contributed by atoms with Gasteiger partial charge in [0.25, 0.3) is 0 Å². The first-order valence-corrected chi connectivity index (χ1v) is 7.09. The minimum atomic E-state index is -0.848. The van der Waals surface area contributed by atoms with E-state index in [1.54, 1.807) is 17.5 Å². The summed E-state index contributed by atoms with van der Waals surface area (Å²) in [7, 11) is 0. The van der Waals surface area contributed by atoms with E-state index in [2.05, 4.69) is 9.97 Å². The number of thiophene rings is 1. The van der Waals surface area contributed by atoms with Gasteiger partial charge in [-0.3, -0.25) is 4.98 Å². The molecule has 0 spiro atoms. The zero-order chi connectivity index (χ0) is 13.2. The van der Waals surface area contributed by atoms with Crippen LogP contribution in [-0.4, -0.2) is 16.1 Å². The maximum Gasteiger partial charge on any atom is 0.411 e. The summed E-state index contributed by atoms with van der Waals surface area (Å²) < 4.78 is 6.09. The van der Waals surface area contributed by atoms with Gasteiger partial charge in [0.05, 0.1) is 9.73 Å². The number of carbonyl (C=O) groups excluding carboxylic acids is 1. The quantitative estimate of drug-likeness (QED) is 0.776. The van der Waals surface area contributed by atoms with Crippen LogP contribution in [0, 0.1) is 0 Å². The SMILES string of the molecule is NC(=O)Oc1[nH]c2cccnc2c1Sc1cccs1. The Morgan fingerprint density at radius 3 is 3.05 bits per heavy atom. The third-order valence-corrected chi connectivity index (χ3v) is 4.50. The summed E-state index contributed by atoms with van der Waals surface area (Å²) in [6, 6.07) is 7.64. The number of aromatic nitrogens is 2. The molecule has 5 nitrogen and oxygen atoms in total. The molecule has 1 amide bonds. The lowest BCUT2D eigenvalue weighted by molar-refractivity contribution is 0.208. The van der Waals surface area contributed by atoms with E-state index in [0.717, 1.165) is 20.1 Å². The van der Waals surface area contributed by atoms with Crippen LogP contribution in [0.3, 0.4) is 0 Å². The first kappa shape index (κ1) is 12.1. The molecule has 0 saturated heterocycles. The monoisotopic (exact) mass is 291 g/mol. The highest BCUT2D eigenvalue weighted by molar-refractivity contribution is 8.01. The molecule has 3 N–H and O–H groups in total. The minimum absolute atomic E-state index is 0.333. The van der Waals surface area contributed by atoms with E-state index in [1.807, 2.05) is 29.6 Å². The largest absolute Gasteiger partial charge is 0.411 e. The average Bonchev–Trinajstić information content (AvgIpc) is 2.99. The Balaban J connectivity index is 2.10. The molecule has 0 bridgehead atoms. The van der Waals surface area contributed by atoms with E-state index in [9.17, 15) is 4.79 Å². The van der Waals surface area contributed by atoms with Crippen LogP contribution in [0.5, 0.6) is 5.88 Å². The Morgan fingerprint density at radius 2 is 2.32 bits per heavy atom. The number of fused-ring (bicyclic) bond motifs is 1. The standard InChI is InChI=1S/C12H9N3O2S2/c13-12(16)17-11-10(19-8-4-2-6-18-8)9-7(15-11)3-1-5-14-9/h1-6,15H,(H2,13,16). The first-order valence-electron chi connectivity index (χ1n) is 5.39. The zero-order valence-electron chi connectivity index (χ0n) is 9.62. The molecule has 3 aromatic rings. The van der Waals surface area contributed by atoms with Gasteiger partial charge in [-0.15, -0.1) is 11.3 Å². The van der Waals surface area contributed by atoms with Crippen LogP contribution in [0.1, 0.15) is 0 Å². The molecule has 3 aromatic heterocycles. The fourth-order valence-corrected chi connectivity index (χ4v) is 3.51. The first-order chi connectivity index (χ1) is 9.24. The number of hydrogen-bond acceptors (Lipinski definition) is 5. The number of pyridine rings is 1. The molecule has 0 aromatic carbocycles. The Bertz CT molecular complexity index is 722. The molecular formula is C12H9N3O2S2. The van der Waals surface area contributed by atoms with E-state index < -0.39 is 6.09 Å². The fraction of sp³-hybridized carbons (Fsp3) is 0. The van der Waals surface area contributed by atoms with E-state index in [0.29, 0.717) is 5.88 Å². The van der Waals surface area contributed by atoms with Crippen LogP contribution in [0.4, 0.5) is 4.79 Å². The van der Waals surface area contributed by atoms with Crippen LogP contribution < -0.4 is 10.5 Å². The van der Waals surface area contributed by atoms with Gasteiger partial charge >= 0.3 is 6.09 Å². The number of hydrogen-bond donors (Lipinski definition) is 2. The molecule has 19 heavy (non-hydrogen) atoms. The predicted octanol–water partition coefficient (Wildman–Crippen LogP) is 3.23. The van der Waals surface area contributed by atoms with Gasteiger partial charge in [-0.1, -0.05) is 17.8 Å². The van der Waals surface area contributed by atoms with Gasteiger partial charge in [0.15, 0.2) is 0 Å². The van der Waals surface area contributed by atoms with Crippen LogP contribution in [0.2, 0.25) is 0 Å². The summed E-state index contributed by atoms with van der Waals surface area (Å²) in [5, 5.41) is 1.99. The number of H-pyrrole nitrogens is 1. The lowest BCUT2D eigenvalue weighted by Crippen LogP contribution is -2.16. The second-order valence-corrected chi connectivity index (χ2v) is 5.90. The molecule has 96 valence electrons. The number of primary amides is 1. The summed E-state index contributed by atoms with van der Waals surface area (Å²) in [6.45, 7) is 0. The van der Waals surface area contributed by atoms with E-state index in [1.165, 1.54) is 11.8 Å². The number of aromatic amines is 1. The second kappa shape index (κ2) is 4.94. The lowest BCUT2D eigenvalue weighted by atomic mass is 10.4. The molecule has 3 heterocycles. The Morgan fingerprint density at radius 1 is 1.42 bits per heavy atom. The molecule has 0 aliphatic carbocycles. The van der Waals surface area contributed by atoms with Gasteiger partial charge in [-0.05, 0) is 23.6 Å². The number of nitrogens with zero attached hydrogens (tertiary/aromatic N) is 1. The third-order valence-electron chi connectivity index (χ3n) is 2.38. The van der Waals surface area contributed by atoms with Crippen molar-refractivity contribution in [2.24, 2.45) is 5.73 Å². The topological polar surface area (TPSA) is 81.0 Å². The Kier molecular flexibility index (Phi) is 3.14. The second-order valence-electron chi connectivity index (χ2n) is 3.64. The van der Waals surface area contributed by atoms with Gasteiger partial charge in [0.2, 0.25) is 5.88 Å². The normalized spacial score (nSPS) is 10.7. The minimum Gasteiger partial charge on any atom is -0.392 e. The number of nitrogens with one attached hydrogen (secondary N) is 1. The summed E-state index contributed by atoms with van der Waals surface area (Å²) in [4.78, 5) is 19.0. The van der Waals surface area contributed by atoms with Crippen molar-refractivity contribution >= 4 is 40.2 Å². The van der Waals surface area contributed by atoms with E-state index in [4.69, 9.17) is 10.5 Å². The summed E-state index contributed by atoms with van der Waals surface area (Å²) in [6.07, 6.45) is 0.850. The van der Waals surface area contributed by atoms with Crippen LogP contribution in [-0.2, 0) is 0 Å². The molecule has 0 saturated carbocycles. The molecule has 0 atom stereocenters. The molecule has 0 radical (unpaired) electrons. The van der Waals surface area contributed by atoms with E-state index in [-0.39, 0.29) is 0 Å². The Hall–Kier alpha value is -1.99. The van der Waals surface area contributed by atoms with Gasteiger partial charge in [0.1, 0.15) is 10.4 Å². The number of rotatable bonds is 3. The number of nitrogens with two attached hydrogens (primary N) is 1. The van der Waals surface area contributed by atoms with E-state index >= 15 is 0 Å². The predicted molar refractivity (Wildman–Crippen MR) is 74.7 cm³/mol. The molecular weight excluding hydrogens is 282 g/mol. The number of ether oxygens (including phenoxy) is 1. The van der Waals surface area contributed by atoms with Crippen molar-refractivity contribution in [1.82, 2.24) is 9.97 Å². The number of amides is 1. The van der Waals surface area contributed by atoms with Gasteiger partial charge in [-0.2, -0.15) is 0 Å².